The van der Waals surface area contributed by atoms with Gasteiger partial charge in [0, 0.05) is 42.5 Å². The van der Waals surface area contributed by atoms with Gasteiger partial charge in [-0.05, 0) is 43.0 Å². The molecule has 0 saturated carbocycles. The van der Waals surface area contributed by atoms with E-state index in [1.165, 1.54) is 6.20 Å². The van der Waals surface area contributed by atoms with Crippen LogP contribution in [0.15, 0.2) is 60.8 Å². The van der Waals surface area contributed by atoms with Gasteiger partial charge in [0.2, 0.25) is 5.95 Å². The number of nitrogens with one attached hydrogen (secondary N) is 2. The number of benzene rings is 2. The van der Waals surface area contributed by atoms with E-state index >= 15 is 0 Å². The first-order valence-electron chi connectivity index (χ1n) is 11.5. The molecule has 7 nitrogen and oxygen atoms in total. The number of hydrogen-bond acceptors (Lipinski definition) is 7. The standard InChI is InChI=1S/C26H28ClN5O2/c1-2-34-25(33)22-17-30-26(32-14-6-7-15-32)31-24(22)29-16-21(18-8-4-3-5-9-18)23(28)19-10-12-20(27)13-11-19/h3-5,8-13,17,21,28H,2,6-7,14-16H2,1H3,(H,29,30,31). The van der Waals surface area contributed by atoms with E-state index in [0.717, 1.165) is 37.1 Å². The number of esters is 1. The van der Waals surface area contributed by atoms with Crippen molar-refractivity contribution < 1.29 is 9.53 Å². The van der Waals surface area contributed by atoms with Crippen LogP contribution in [-0.4, -0.2) is 47.9 Å². The summed E-state index contributed by atoms with van der Waals surface area (Å²) in [7, 11) is 0. The lowest BCUT2D eigenvalue weighted by Crippen LogP contribution is -2.25. The van der Waals surface area contributed by atoms with Gasteiger partial charge in [0.1, 0.15) is 11.4 Å². The second-order valence-corrected chi connectivity index (χ2v) is 8.55. The molecule has 2 N–H and O–H groups in total. The van der Waals surface area contributed by atoms with Crippen LogP contribution in [0.3, 0.4) is 0 Å². The zero-order valence-electron chi connectivity index (χ0n) is 19.1. The van der Waals surface area contributed by atoms with E-state index in [2.05, 4.69) is 20.2 Å². The third kappa shape index (κ3) is 5.54. The summed E-state index contributed by atoms with van der Waals surface area (Å²) in [6, 6.07) is 17.1. The molecule has 2 heterocycles. The van der Waals surface area contributed by atoms with Crippen LogP contribution in [0.5, 0.6) is 0 Å². The largest absolute Gasteiger partial charge is 0.462 e. The monoisotopic (exact) mass is 477 g/mol. The fraction of sp³-hybridized carbons (Fsp3) is 0.308. The van der Waals surface area contributed by atoms with Gasteiger partial charge in [-0.15, -0.1) is 0 Å². The second-order valence-electron chi connectivity index (χ2n) is 8.11. The molecular formula is C26H28ClN5O2. The molecule has 1 aliphatic rings. The van der Waals surface area contributed by atoms with Gasteiger partial charge in [0.25, 0.3) is 0 Å². The molecule has 1 aliphatic heterocycles. The molecule has 2 aromatic carbocycles. The van der Waals surface area contributed by atoms with Gasteiger partial charge in [-0.25, -0.2) is 9.78 Å². The third-order valence-corrected chi connectivity index (χ3v) is 6.09. The number of ether oxygens (including phenoxy) is 1. The molecule has 3 aromatic rings. The Morgan fingerprint density at radius 3 is 2.53 bits per heavy atom. The number of hydrogen-bond donors (Lipinski definition) is 2. The lowest BCUT2D eigenvalue weighted by molar-refractivity contribution is 0.0526. The maximum atomic E-state index is 12.6. The van der Waals surface area contributed by atoms with Crippen LogP contribution in [0.25, 0.3) is 0 Å². The van der Waals surface area contributed by atoms with Crippen molar-refractivity contribution in [2.75, 3.05) is 36.5 Å². The lowest BCUT2D eigenvalue weighted by Gasteiger charge is -2.22. The first-order chi connectivity index (χ1) is 16.6. The predicted molar refractivity (Wildman–Crippen MR) is 135 cm³/mol. The van der Waals surface area contributed by atoms with Crippen molar-refractivity contribution in [3.63, 3.8) is 0 Å². The van der Waals surface area contributed by atoms with Gasteiger partial charge in [-0.1, -0.05) is 54.1 Å². The number of aromatic nitrogens is 2. The molecule has 1 unspecified atom stereocenters. The summed E-state index contributed by atoms with van der Waals surface area (Å²) in [5.74, 6) is 0.266. The van der Waals surface area contributed by atoms with Crippen LogP contribution in [0.4, 0.5) is 11.8 Å². The highest BCUT2D eigenvalue weighted by molar-refractivity contribution is 6.30. The highest BCUT2D eigenvalue weighted by Gasteiger charge is 2.23. The van der Waals surface area contributed by atoms with Crippen LogP contribution < -0.4 is 10.2 Å². The summed E-state index contributed by atoms with van der Waals surface area (Å²) in [5.41, 5.74) is 2.50. The number of carbonyl (C=O) groups excluding carboxylic acids is 1. The first-order valence-corrected chi connectivity index (χ1v) is 11.9. The van der Waals surface area contributed by atoms with Crippen LogP contribution in [0.1, 0.15) is 47.2 Å². The Morgan fingerprint density at radius 2 is 1.85 bits per heavy atom. The van der Waals surface area contributed by atoms with Gasteiger partial charge < -0.3 is 20.4 Å². The number of anilines is 2. The van der Waals surface area contributed by atoms with Crippen LogP contribution in [-0.2, 0) is 4.74 Å². The fourth-order valence-corrected chi connectivity index (χ4v) is 4.16. The van der Waals surface area contributed by atoms with Crippen molar-refractivity contribution in [2.24, 2.45) is 0 Å². The Hall–Kier alpha value is -3.45. The van der Waals surface area contributed by atoms with E-state index < -0.39 is 5.97 Å². The smallest absolute Gasteiger partial charge is 0.343 e. The SMILES string of the molecule is CCOC(=O)c1cnc(N2CCCC2)nc1NCC(C(=N)c1ccc(Cl)cc1)c1ccccc1. The molecule has 0 radical (unpaired) electrons. The van der Waals surface area contributed by atoms with Crippen molar-refractivity contribution >= 4 is 35.0 Å². The Labute approximate surface area is 204 Å². The molecule has 176 valence electrons. The van der Waals surface area contributed by atoms with Gasteiger partial charge in [-0.2, -0.15) is 4.98 Å². The molecule has 0 amide bonds. The molecule has 0 aliphatic carbocycles. The summed E-state index contributed by atoms with van der Waals surface area (Å²) in [6.45, 7) is 4.19. The summed E-state index contributed by atoms with van der Waals surface area (Å²) in [6.07, 6.45) is 3.73. The molecular weight excluding hydrogens is 450 g/mol. The molecule has 1 aromatic heterocycles. The minimum atomic E-state index is -0.470. The van der Waals surface area contributed by atoms with E-state index in [4.69, 9.17) is 21.7 Å². The average molecular weight is 478 g/mol. The van der Waals surface area contributed by atoms with Crippen molar-refractivity contribution in [1.82, 2.24) is 9.97 Å². The highest BCUT2D eigenvalue weighted by atomic mass is 35.5. The molecule has 34 heavy (non-hydrogen) atoms. The summed E-state index contributed by atoms with van der Waals surface area (Å²) < 4.78 is 5.23. The maximum Gasteiger partial charge on any atom is 0.343 e. The number of carbonyl (C=O) groups is 1. The summed E-state index contributed by atoms with van der Waals surface area (Å²) >= 11 is 6.05. The van der Waals surface area contributed by atoms with E-state index in [1.54, 1.807) is 19.1 Å². The third-order valence-electron chi connectivity index (χ3n) is 5.84. The quantitative estimate of drug-likeness (QED) is 0.326. The Morgan fingerprint density at radius 1 is 1.15 bits per heavy atom. The van der Waals surface area contributed by atoms with Crippen molar-refractivity contribution in [2.45, 2.75) is 25.7 Å². The molecule has 1 saturated heterocycles. The summed E-state index contributed by atoms with van der Waals surface area (Å²) in [4.78, 5) is 23.8. The average Bonchev–Trinajstić information content (AvgIpc) is 3.40. The molecule has 1 fully saturated rings. The maximum absolute atomic E-state index is 12.6. The van der Waals surface area contributed by atoms with Gasteiger partial charge in [-0.3, -0.25) is 0 Å². The van der Waals surface area contributed by atoms with Crippen molar-refractivity contribution in [3.05, 3.63) is 82.5 Å². The second kappa shape index (κ2) is 11.1. The van der Waals surface area contributed by atoms with E-state index in [9.17, 15) is 4.79 Å². The zero-order chi connectivity index (χ0) is 23.9. The molecule has 8 heteroatoms. The van der Waals surface area contributed by atoms with Crippen molar-refractivity contribution in [3.8, 4) is 0 Å². The lowest BCUT2D eigenvalue weighted by atomic mass is 9.90. The van der Waals surface area contributed by atoms with Gasteiger partial charge >= 0.3 is 5.97 Å². The van der Waals surface area contributed by atoms with Crippen LogP contribution >= 0.6 is 11.6 Å². The van der Waals surface area contributed by atoms with E-state index in [1.807, 2.05) is 42.5 Å². The van der Waals surface area contributed by atoms with Crippen molar-refractivity contribution in [1.29, 1.82) is 5.41 Å². The van der Waals surface area contributed by atoms with Crippen LogP contribution in [0, 0.1) is 5.41 Å². The van der Waals surface area contributed by atoms with Gasteiger partial charge in [0.05, 0.1) is 6.61 Å². The molecule has 0 bridgehead atoms. The molecule has 1 atom stereocenters. The molecule has 4 rings (SSSR count). The Bertz CT molecular complexity index is 1130. The normalized spacial score (nSPS) is 14.0. The minimum Gasteiger partial charge on any atom is -0.462 e. The van der Waals surface area contributed by atoms with E-state index in [0.29, 0.717) is 29.0 Å². The Balaban J connectivity index is 1.64. The minimum absolute atomic E-state index is 0.264. The Kier molecular flexibility index (Phi) is 7.75. The molecule has 0 spiro atoms. The number of halogens is 1. The van der Waals surface area contributed by atoms with E-state index in [-0.39, 0.29) is 18.1 Å². The van der Waals surface area contributed by atoms with Crippen LogP contribution in [0.2, 0.25) is 5.02 Å². The fourth-order valence-electron chi connectivity index (χ4n) is 4.04. The van der Waals surface area contributed by atoms with Gasteiger partial charge in [0.15, 0.2) is 0 Å². The summed E-state index contributed by atoms with van der Waals surface area (Å²) in [5, 5.41) is 12.9. The zero-order valence-corrected chi connectivity index (χ0v) is 19.9. The number of nitrogens with zero attached hydrogens (tertiary/aromatic N) is 3. The number of rotatable bonds is 9. The topological polar surface area (TPSA) is 91.2 Å². The highest BCUT2D eigenvalue weighted by Crippen LogP contribution is 2.25. The first kappa shape index (κ1) is 23.7. The predicted octanol–water partition coefficient (Wildman–Crippen LogP) is 5.17.